The number of rotatable bonds is 57. The predicted molar refractivity (Wildman–Crippen MR) is 299 cm³/mol. The number of hydrogen-bond donors (Lipinski definition) is 8. The minimum Gasteiger partial charge on any atom is -0.463 e. The van der Waals surface area contributed by atoms with E-state index in [0.717, 1.165) is 0 Å². The predicted octanol–water partition coefficient (Wildman–Crippen LogP) is -0.289. The summed E-state index contributed by atoms with van der Waals surface area (Å²) < 4.78 is 77.2. The number of hydrogen-bond acceptors (Lipinski definition) is 21. The molecule has 472 valence electrons. The van der Waals surface area contributed by atoms with E-state index in [1.807, 2.05) is 0 Å². The Morgan fingerprint density at radius 2 is 0.939 bits per heavy atom. The molecule has 28 nitrogen and oxygen atoms in total. The van der Waals surface area contributed by atoms with Crippen LogP contribution in [0.1, 0.15) is 66.2 Å². The zero-order valence-corrected chi connectivity index (χ0v) is 48.5. The van der Waals surface area contributed by atoms with Crippen LogP contribution < -0.4 is 43.4 Å². The molecule has 0 aromatic heterocycles. The van der Waals surface area contributed by atoms with Gasteiger partial charge in [-0.15, -0.1) is 0 Å². The number of nitrogens with one attached hydrogen (secondary N) is 6. The molecule has 1 aromatic rings. The molecule has 0 aliphatic rings. The third-order valence-corrected chi connectivity index (χ3v) is 11.2. The SMILES string of the molecule is [2H]C(=O)OCc1ccc(NC(=O)[C@H](CCCNC(N)=O)NC(=O)[C@@H](NC(=O)[C@@H](N)CCCCNC(=O)CCOCCOCCOCCOCCOCCOCCOCCOCCOCCOCCOCCOCCNC(C)=O)C(C)C)cc1. The average molecular weight is 1180 g/mol. The van der Waals surface area contributed by atoms with Gasteiger partial charge in [0.05, 0.1) is 165 Å². The summed E-state index contributed by atoms with van der Waals surface area (Å²) >= 11 is 0. The highest BCUT2D eigenvalue weighted by atomic mass is 16.6. The summed E-state index contributed by atoms with van der Waals surface area (Å²) in [5.41, 5.74) is 12.3. The number of carbonyl (C=O) groups is 7. The van der Waals surface area contributed by atoms with Gasteiger partial charge in [0.1, 0.15) is 18.7 Å². The molecule has 0 aliphatic heterocycles. The van der Waals surface area contributed by atoms with Crippen LogP contribution in [0.25, 0.3) is 0 Å². The van der Waals surface area contributed by atoms with Crippen LogP contribution in [0.15, 0.2) is 24.3 Å². The van der Waals surface area contributed by atoms with E-state index in [1.165, 1.54) is 6.92 Å². The lowest BCUT2D eigenvalue weighted by atomic mass is 10.0. The Kier molecular flexibility index (Phi) is 47.8. The van der Waals surface area contributed by atoms with Crippen LogP contribution >= 0.6 is 0 Å². The van der Waals surface area contributed by atoms with E-state index in [2.05, 4.69) is 36.6 Å². The van der Waals surface area contributed by atoms with Crippen molar-refractivity contribution >= 4 is 47.7 Å². The number of unbranched alkanes of at least 4 members (excludes halogenated alkanes) is 1. The number of benzene rings is 1. The van der Waals surface area contributed by atoms with Gasteiger partial charge in [0.2, 0.25) is 29.5 Å². The molecule has 0 aliphatic carbocycles. The highest BCUT2D eigenvalue weighted by Crippen LogP contribution is 2.13. The largest absolute Gasteiger partial charge is 0.463 e. The van der Waals surface area contributed by atoms with Gasteiger partial charge in [-0.2, -0.15) is 0 Å². The van der Waals surface area contributed by atoms with Gasteiger partial charge in [0, 0.05) is 38.7 Å². The molecule has 0 spiro atoms. The Bertz CT molecular complexity index is 1850. The summed E-state index contributed by atoms with van der Waals surface area (Å²) in [5.74, 6) is -2.34. The normalized spacial score (nSPS) is 12.5. The van der Waals surface area contributed by atoms with Crippen molar-refractivity contribution in [2.75, 3.05) is 184 Å². The quantitative estimate of drug-likeness (QED) is 0.0307. The van der Waals surface area contributed by atoms with Gasteiger partial charge >= 0.3 is 6.03 Å². The van der Waals surface area contributed by atoms with Crippen LogP contribution in [0.3, 0.4) is 0 Å². The van der Waals surface area contributed by atoms with Crippen molar-refractivity contribution in [1.29, 1.82) is 0 Å². The summed E-state index contributed by atoms with van der Waals surface area (Å²) in [7, 11) is 0. The topological polar surface area (TPSA) is 364 Å². The molecule has 0 bridgehead atoms. The van der Waals surface area contributed by atoms with Crippen molar-refractivity contribution in [2.45, 2.75) is 84.0 Å². The lowest BCUT2D eigenvalue weighted by Gasteiger charge is -2.26. The monoisotopic (exact) mass is 1180 g/mol. The lowest BCUT2D eigenvalue weighted by Crippen LogP contribution is -2.56. The first-order valence-electron chi connectivity index (χ1n) is 28.6. The highest BCUT2D eigenvalue weighted by Gasteiger charge is 2.30. The summed E-state index contributed by atoms with van der Waals surface area (Å²) in [6.45, 7) is 16.2. The van der Waals surface area contributed by atoms with Crippen molar-refractivity contribution in [3.05, 3.63) is 29.8 Å². The maximum atomic E-state index is 13.5. The molecule has 1 aromatic carbocycles. The number of urea groups is 1. The van der Waals surface area contributed by atoms with E-state index in [-0.39, 0.29) is 50.3 Å². The molecule has 0 fully saturated rings. The fourth-order valence-electron chi connectivity index (χ4n) is 6.79. The molecule has 0 unspecified atom stereocenters. The minimum atomic E-state index is -1.17. The Labute approximate surface area is 484 Å². The average Bonchev–Trinajstić information content (AvgIpc) is 3.47. The molecule has 82 heavy (non-hydrogen) atoms. The van der Waals surface area contributed by atoms with Gasteiger partial charge in [-0.25, -0.2) is 4.79 Å². The zero-order chi connectivity index (χ0) is 60.8. The van der Waals surface area contributed by atoms with Crippen molar-refractivity contribution in [3.63, 3.8) is 0 Å². The summed E-state index contributed by atoms with van der Waals surface area (Å²) in [6, 6.07) is 2.60. The molecule has 0 heterocycles. The van der Waals surface area contributed by atoms with Gasteiger partial charge in [-0.1, -0.05) is 26.0 Å². The molecule has 1 rings (SSSR count). The Morgan fingerprint density at radius 1 is 0.512 bits per heavy atom. The third-order valence-electron chi connectivity index (χ3n) is 11.2. The van der Waals surface area contributed by atoms with Gasteiger partial charge in [0.15, 0.2) is 1.37 Å². The van der Waals surface area contributed by atoms with Crippen LogP contribution in [0.2, 0.25) is 0 Å². The number of nitrogens with two attached hydrogens (primary N) is 2. The van der Waals surface area contributed by atoms with Crippen LogP contribution in [0, 0.1) is 5.92 Å². The van der Waals surface area contributed by atoms with Crippen molar-refractivity contribution < 1.29 is 96.5 Å². The molecule has 0 saturated heterocycles. The molecular formula is C54H96N8O20. The van der Waals surface area contributed by atoms with E-state index in [9.17, 15) is 33.6 Å². The van der Waals surface area contributed by atoms with Crippen LogP contribution in [-0.4, -0.2) is 238 Å². The minimum absolute atomic E-state index is 0.0767. The summed E-state index contributed by atoms with van der Waals surface area (Å²) in [5, 5.41) is 16.1. The van der Waals surface area contributed by atoms with Crippen LogP contribution in [0.5, 0.6) is 0 Å². The van der Waals surface area contributed by atoms with Gasteiger partial charge in [-0.3, -0.25) is 28.8 Å². The van der Waals surface area contributed by atoms with Crippen molar-refractivity contribution in [1.82, 2.24) is 26.6 Å². The molecule has 7 amide bonds. The Balaban J connectivity index is 1.98. The number of amides is 7. The first-order chi connectivity index (χ1) is 40.2. The standard InChI is InChI=1S/C54H96N8O20/c1-43(2)50(53(68)61-48(8-6-15-59-54(56)69)52(67)60-46-11-9-45(10-12-46)41-82-42-63)62-51(66)47(55)7-4-5-14-58-49(65)13-17-70-19-21-72-23-25-74-27-29-76-31-33-78-35-37-80-39-40-81-38-36-79-34-32-77-30-28-75-26-24-73-22-20-71-18-16-57-44(3)64/h9-12,42-43,47-48,50H,4-8,13-41,55H2,1-3H3,(H,57,64)(H,58,65)(H,60,67)(H,61,68)(H,62,66)(H3,56,59,69)/t47-,48-,50-/m0/s1/i42D. The lowest BCUT2D eigenvalue weighted by molar-refractivity contribution is -0.132. The Hall–Kier alpha value is -5.21. The first kappa shape index (κ1) is 72.9. The van der Waals surface area contributed by atoms with Gasteiger partial charge < -0.3 is 105 Å². The Morgan fingerprint density at radius 3 is 1.35 bits per heavy atom. The van der Waals surface area contributed by atoms with E-state index in [4.69, 9.17) is 69.7 Å². The number of ether oxygens (including phenoxy) is 13. The second kappa shape index (κ2) is 53.8. The second-order valence-electron chi connectivity index (χ2n) is 18.3. The van der Waals surface area contributed by atoms with Crippen LogP contribution in [-0.2, 0) is 97.0 Å². The number of carbonyl (C=O) groups excluding carboxylic acids is 7. The van der Waals surface area contributed by atoms with E-state index >= 15 is 0 Å². The second-order valence-corrected chi connectivity index (χ2v) is 18.3. The van der Waals surface area contributed by atoms with Gasteiger partial charge in [0.25, 0.3) is 6.45 Å². The molecule has 28 heteroatoms. The summed E-state index contributed by atoms with van der Waals surface area (Å²) in [4.78, 5) is 85.0. The maximum Gasteiger partial charge on any atom is 0.312 e. The fourth-order valence-corrected chi connectivity index (χ4v) is 6.79. The molecule has 0 radical (unpaired) electrons. The third kappa shape index (κ3) is 46.3. The maximum absolute atomic E-state index is 13.5. The first-order valence-corrected chi connectivity index (χ1v) is 28.1. The van der Waals surface area contributed by atoms with E-state index in [1.54, 1.807) is 38.1 Å². The van der Waals surface area contributed by atoms with Crippen molar-refractivity contribution in [3.8, 4) is 0 Å². The number of primary amides is 1. The smallest absolute Gasteiger partial charge is 0.312 e. The molecule has 3 atom stereocenters. The fraction of sp³-hybridized carbons (Fsp3) is 0.759. The van der Waals surface area contributed by atoms with Gasteiger partial charge in [-0.05, 0) is 55.7 Å². The van der Waals surface area contributed by atoms with Crippen LogP contribution in [0.4, 0.5) is 10.5 Å². The van der Waals surface area contributed by atoms with E-state index in [0.29, 0.717) is 202 Å². The summed E-state index contributed by atoms with van der Waals surface area (Å²) in [6.07, 6.45) is 0.802. The molecular weight excluding hydrogens is 1080 g/mol. The molecule has 10 N–H and O–H groups in total. The zero-order valence-electron chi connectivity index (χ0n) is 49.5. The van der Waals surface area contributed by atoms with E-state index < -0.39 is 48.3 Å². The highest BCUT2D eigenvalue weighted by molar-refractivity contribution is 5.98. The van der Waals surface area contributed by atoms with Crippen molar-refractivity contribution in [2.24, 2.45) is 17.4 Å². The number of anilines is 1. The molecule has 0 saturated carbocycles.